The molecule has 0 aliphatic heterocycles. The van der Waals surface area contributed by atoms with E-state index in [2.05, 4.69) is 115 Å². The van der Waals surface area contributed by atoms with Gasteiger partial charge >= 0.3 is 0 Å². The molecule has 0 amide bonds. The Bertz CT molecular complexity index is 1590. The highest BCUT2D eigenvalue weighted by molar-refractivity contribution is 5.91. The maximum atomic E-state index is 4.61. The van der Waals surface area contributed by atoms with Crippen LogP contribution in [0.4, 0.5) is 0 Å². The standard InChI is InChI=1S/C32H23N/c1-22-6-8-23(9-7-22)26-14-16-29-19-27(15-17-28(29)18-26)24-10-12-25(13-11-24)31-20-30-4-2-3-5-32(30)33-21-31/h2-21H,1H3. The fourth-order valence-corrected chi connectivity index (χ4v) is 4.43. The molecule has 0 unspecified atom stereocenters. The third kappa shape index (κ3) is 3.79. The summed E-state index contributed by atoms with van der Waals surface area (Å²) in [4.78, 5) is 4.61. The van der Waals surface area contributed by atoms with Gasteiger partial charge in [0.05, 0.1) is 5.52 Å². The van der Waals surface area contributed by atoms with Gasteiger partial charge in [-0.1, -0.05) is 96.6 Å². The first-order valence-corrected chi connectivity index (χ1v) is 11.3. The van der Waals surface area contributed by atoms with Gasteiger partial charge in [-0.2, -0.15) is 0 Å². The highest BCUT2D eigenvalue weighted by Gasteiger charge is 2.05. The van der Waals surface area contributed by atoms with Crippen molar-refractivity contribution in [3.05, 3.63) is 127 Å². The van der Waals surface area contributed by atoms with Crippen LogP contribution < -0.4 is 0 Å². The van der Waals surface area contributed by atoms with Gasteiger partial charge in [-0.05, 0) is 69.8 Å². The molecule has 0 aliphatic carbocycles. The minimum atomic E-state index is 1.03. The maximum Gasteiger partial charge on any atom is 0.0702 e. The molecule has 0 spiro atoms. The van der Waals surface area contributed by atoms with Crippen LogP contribution in [-0.2, 0) is 0 Å². The Morgan fingerprint density at radius 3 is 1.55 bits per heavy atom. The van der Waals surface area contributed by atoms with E-state index in [1.807, 2.05) is 18.3 Å². The molecule has 1 aromatic heterocycles. The van der Waals surface area contributed by atoms with Crippen LogP contribution in [0.15, 0.2) is 121 Å². The minimum absolute atomic E-state index is 1.03. The van der Waals surface area contributed by atoms with Crippen LogP contribution in [0.3, 0.4) is 0 Å². The Hall–Kier alpha value is -4.23. The van der Waals surface area contributed by atoms with Gasteiger partial charge in [0.25, 0.3) is 0 Å². The molecule has 0 fully saturated rings. The van der Waals surface area contributed by atoms with Crippen LogP contribution in [-0.4, -0.2) is 4.98 Å². The lowest BCUT2D eigenvalue weighted by atomic mass is 9.96. The molecule has 1 heterocycles. The molecule has 0 bridgehead atoms. The molecular formula is C32H23N. The summed E-state index contributed by atoms with van der Waals surface area (Å²) in [6.45, 7) is 2.12. The van der Waals surface area contributed by atoms with E-state index in [0.29, 0.717) is 0 Å². The molecule has 1 nitrogen and oxygen atoms in total. The number of hydrogen-bond acceptors (Lipinski definition) is 1. The van der Waals surface area contributed by atoms with Crippen LogP contribution in [0.5, 0.6) is 0 Å². The summed E-state index contributed by atoms with van der Waals surface area (Å²) in [5, 5.41) is 3.68. The second kappa shape index (κ2) is 8.03. The summed E-state index contributed by atoms with van der Waals surface area (Å²) in [6, 6.07) is 41.4. The maximum absolute atomic E-state index is 4.61. The molecule has 1 heteroatoms. The van der Waals surface area contributed by atoms with Gasteiger partial charge < -0.3 is 0 Å². The van der Waals surface area contributed by atoms with Gasteiger partial charge in [-0.25, -0.2) is 0 Å². The molecule has 156 valence electrons. The van der Waals surface area contributed by atoms with E-state index in [9.17, 15) is 0 Å². The molecule has 0 saturated carbocycles. The molecule has 6 aromatic rings. The second-order valence-corrected chi connectivity index (χ2v) is 8.64. The van der Waals surface area contributed by atoms with Crippen molar-refractivity contribution < 1.29 is 0 Å². The third-order valence-electron chi connectivity index (χ3n) is 6.37. The van der Waals surface area contributed by atoms with E-state index in [1.165, 1.54) is 49.5 Å². The fourth-order valence-electron chi connectivity index (χ4n) is 4.43. The molecular weight excluding hydrogens is 398 g/mol. The number of nitrogens with zero attached hydrogens (tertiary/aromatic N) is 1. The lowest BCUT2D eigenvalue weighted by Crippen LogP contribution is -1.84. The first-order chi connectivity index (χ1) is 16.2. The molecule has 0 saturated heterocycles. The van der Waals surface area contributed by atoms with Gasteiger partial charge in [0.1, 0.15) is 0 Å². The second-order valence-electron chi connectivity index (χ2n) is 8.64. The Balaban J connectivity index is 1.30. The SMILES string of the molecule is Cc1ccc(-c2ccc3cc(-c4ccc(-c5cnc6ccccc6c5)cc4)ccc3c2)cc1. The zero-order valence-electron chi connectivity index (χ0n) is 18.5. The van der Waals surface area contributed by atoms with Crippen LogP contribution in [0.25, 0.3) is 55.1 Å². The van der Waals surface area contributed by atoms with Gasteiger partial charge in [0.2, 0.25) is 0 Å². The molecule has 0 aliphatic rings. The predicted octanol–water partition coefficient (Wildman–Crippen LogP) is 8.70. The predicted molar refractivity (Wildman–Crippen MR) is 140 cm³/mol. The number of hydrogen-bond donors (Lipinski definition) is 0. The summed E-state index contributed by atoms with van der Waals surface area (Å²) in [6.07, 6.45) is 1.96. The molecule has 0 radical (unpaired) electrons. The largest absolute Gasteiger partial charge is 0.256 e. The Kier molecular flexibility index (Phi) is 4.74. The Morgan fingerprint density at radius 1 is 0.424 bits per heavy atom. The quantitative estimate of drug-likeness (QED) is 0.278. The first-order valence-electron chi connectivity index (χ1n) is 11.3. The van der Waals surface area contributed by atoms with E-state index in [4.69, 9.17) is 0 Å². The van der Waals surface area contributed by atoms with Crippen LogP contribution >= 0.6 is 0 Å². The molecule has 5 aromatic carbocycles. The zero-order valence-corrected chi connectivity index (χ0v) is 18.5. The van der Waals surface area contributed by atoms with Crippen molar-refractivity contribution in [2.75, 3.05) is 0 Å². The number of benzene rings is 5. The fraction of sp³-hybridized carbons (Fsp3) is 0.0312. The number of pyridine rings is 1. The summed E-state index contributed by atoms with van der Waals surface area (Å²) < 4.78 is 0. The van der Waals surface area contributed by atoms with Crippen molar-refractivity contribution in [2.24, 2.45) is 0 Å². The number of para-hydroxylation sites is 1. The highest BCUT2D eigenvalue weighted by atomic mass is 14.6. The Labute approximate surface area is 194 Å². The van der Waals surface area contributed by atoms with Crippen LogP contribution in [0.1, 0.15) is 5.56 Å². The van der Waals surface area contributed by atoms with E-state index in [0.717, 1.165) is 11.1 Å². The lowest BCUT2D eigenvalue weighted by Gasteiger charge is -2.09. The van der Waals surface area contributed by atoms with E-state index in [1.54, 1.807) is 0 Å². The zero-order chi connectivity index (χ0) is 22.2. The summed E-state index contributed by atoms with van der Waals surface area (Å²) in [5.74, 6) is 0. The normalized spacial score (nSPS) is 11.2. The highest BCUT2D eigenvalue weighted by Crippen LogP contribution is 2.30. The minimum Gasteiger partial charge on any atom is -0.256 e. The average molecular weight is 422 g/mol. The van der Waals surface area contributed by atoms with Gasteiger partial charge in [0.15, 0.2) is 0 Å². The third-order valence-corrected chi connectivity index (χ3v) is 6.37. The van der Waals surface area contributed by atoms with E-state index >= 15 is 0 Å². The molecule has 0 N–H and O–H groups in total. The number of fused-ring (bicyclic) bond motifs is 2. The smallest absolute Gasteiger partial charge is 0.0702 e. The van der Waals surface area contributed by atoms with Crippen LogP contribution in [0, 0.1) is 6.92 Å². The van der Waals surface area contributed by atoms with Crippen molar-refractivity contribution in [3.8, 4) is 33.4 Å². The van der Waals surface area contributed by atoms with Crippen molar-refractivity contribution in [1.82, 2.24) is 4.98 Å². The monoisotopic (exact) mass is 421 g/mol. The van der Waals surface area contributed by atoms with Gasteiger partial charge in [-0.15, -0.1) is 0 Å². The van der Waals surface area contributed by atoms with E-state index < -0.39 is 0 Å². The molecule has 6 rings (SSSR count). The summed E-state index contributed by atoms with van der Waals surface area (Å²) in [7, 11) is 0. The van der Waals surface area contributed by atoms with Crippen molar-refractivity contribution >= 4 is 21.7 Å². The Morgan fingerprint density at radius 2 is 0.909 bits per heavy atom. The topological polar surface area (TPSA) is 12.9 Å². The average Bonchev–Trinajstić information content (AvgIpc) is 2.88. The van der Waals surface area contributed by atoms with Gasteiger partial charge in [0, 0.05) is 17.1 Å². The van der Waals surface area contributed by atoms with Crippen molar-refractivity contribution in [1.29, 1.82) is 0 Å². The number of aryl methyl sites for hydroxylation is 1. The molecule has 33 heavy (non-hydrogen) atoms. The summed E-state index contributed by atoms with van der Waals surface area (Å²) >= 11 is 0. The van der Waals surface area contributed by atoms with Crippen LogP contribution in [0.2, 0.25) is 0 Å². The van der Waals surface area contributed by atoms with Crippen molar-refractivity contribution in [2.45, 2.75) is 6.92 Å². The van der Waals surface area contributed by atoms with E-state index in [-0.39, 0.29) is 0 Å². The number of aromatic nitrogens is 1. The van der Waals surface area contributed by atoms with Gasteiger partial charge in [-0.3, -0.25) is 4.98 Å². The lowest BCUT2D eigenvalue weighted by molar-refractivity contribution is 1.41. The summed E-state index contributed by atoms with van der Waals surface area (Å²) in [5.41, 5.74) is 9.59. The first kappa shape index (κ1) is 19.5. The molecule has 0 atom stereocenters. The van der Waals surface area contributed by atoms with Crippen molar-refractivity contribution in [3.63, 3.8) is 0 Å². The number of rotatable bonds is 3.